The summed E-state index contributed by atoms with van der Waals surface area (Å²) in [5, 5.41) is 5.45. The van der Waals surface area contributed by atoms with Gasteiger partial charge in [0.2, 0.25) is 5.75 Å². The van der Waals surface area contributed by atoms with Crippen LogP contribution in [0.15, 0.2) is 84.0 Å². The van der Waals surface area contributed by atoms with Crippen molar-refractivity contribution in [3.63, 3.8) is 0 Å². The van der Waals surface area contributed by atoms with Crippen molar-refractivity contribution >= 4 is 40.6 Å². The van der Waals surface area contributed by atoms with Crippen molar-refractivity contribution in [2.75, 3.05) is 28.4 Å². The molecule has 1 amide bonds. The number of amides is 1. The molecule has 5 aromatic rings. The number of para-hydroxylation sites is 1. The highest BCUT2D eigenvalue weighted by molar-refractivity contribution is 6.36. The molecule has 2 N–H and O–H groups in total. The molecule has 0 bridgehead atoms. The molecule has 224 valence electrons. The number of carbonyl (C=O) groups excluding carboxylic acids is 2. The highest BCUT2D eigenvalue weighted by atomic mass is 35.5. The maximum Gasteiger partial charge on any atom is 0.343 e. The zero-order valence-corrected chi connectivity index (χ0v) is 25.0. The summed E-state index contributed by atoms with van der Waals surface area (Å²) in [5.74, 6) is 0.313. The van der Waals surface area contributed by atoms with Gasteiger partial charge in [-0.05, 0) is 47.5 Å². The molecule has 5 rings (SSSR count). The van der Waals surface area contributed by atoms with Gasteiger partial charge in [0.25, 0.3) is 5.91 Å². The minimum Gasteiger partial charge on any atom is -0.493 e. The number of carbonyl (C=O) groups is 2. The van der Waals surface area contributed by atoms with Gasteiger partial charge in [0.1, 0.15) is 5.69 Å². The van der Waals surface area contributed by atoms with E-state index in [9.17, 15) is 9.59 Å². The molecule has 44 heavy (non-hydrogen) atoms. The van der Waals surface area contributed by atoms with Crippen molar-refractivity contribution in [2.45, 2.75) is 0 Å². The van der Waals surface area contributed by atoms with Gasteiger partial charge < -0.3 is 28.7 Å². The fourth-order valence-electron chi connectivity index (χ4n) is 4.68. The van der Waals surface area contributed by atoms with Crippen LogP contribution in [-0.4, -0.2) is 51.5 Å². The fraction of sp³-hybridized carbons (Fsp3) is 0.121. The Morgan fingerprint density at radius 1 is 0.795 bits per heavy atom. The number of aromatic amines is 1. The Morgan fingerprint density at radius 2 is 1.50 bits per heavy atom. The number of fused-ring (bicyclic) bond motifs is 1. The van der Waals surface area contributed by atoms with Gasteiger partial charge in [-0.3, -0.25) is 4.79 Å². The molecule has 0 radical (unpaired) electrons. The van der Waals surface area contributed by atoms with Gasteiger partial charge in [0, 0.05) is 10.9 Å². The van der Waals surface area contributed by atoms with E-state index in [1.54, 1.807) is 24.3 Å². The van der Waals surface area contributed by atoms with Crippen LogP contribution in [0, 0.1) is 0 Å². The van der Waals surface area contributed by atoms with Gasteiger partial charge >= 0.3 is 5.97 Å². The van der Waals surface area contributed by atoms with Crippen LogP contribution < -0.4 is 29.1 Å². The van der Waals surface area contributed by atoms with Crippen LogP contribution in [0.25, 0.3) is 22.0 Å². The number of rotatable bonds is 10. The van der Waals surface area contributed by atoms with Gasteiger partial charge in [-0.25, -0.2) is 10.2 Å². The van der Waals surface area contributed by atoms with E-state index in [2.05, 4.69) is 15.5 Å². The molecule has 4 aromatic carbocycles. The Bertz CT molecular complexity index is 1840. The van der Waals surface area contributed by atoms with E-state index in [1.807, 2.05) is 42.5 Å². The summed E-state index contributed by atoms with van der Waals surface area (Å²) in [7, 11) is 5.83. The predicted octanol–water partition coefficient (Wildman–Crippen LogP) is 6.51. The number of esters is 1. The number of benzene rings is 4. The number of H-pyrrole nitrogens is 1. The normalized spacial score (nSPS) is 10.9. The lowest BCUT2D eigenvalue weighted by Crippen LogP contribution is -2.18. The van der Waals surface area contributed by atoms with Crippen LogP contribution in [0.5, 0.6) is 28.7 Å². The van der Waals surface area contributed by atoms with E-state index < -0.39 is 11.9 Å². The average Bonchev–Trinajstić information content (AvgIpc) is 3.46. The van der Waals surface area contributed by atoms with Gasteiger partial charge in [0.15, 0.2) is 23.0 Å². The van der Waals surface area contributed by atoms with Crippen molar-refractivity contribution in [1.82, 2.24) is 10.4 Å². The standard InChI is InChI=1S/C33H28ClN3O7/c1-40-25-15-19(13-14-24(25)44-33(39)21-16-26(41-2)31(43-4)27(17-21)42-3)18-35-37-32(38)30-28(20-9-6-5-7-10-20)22-11-8-12-23(34)29(22)36-30/h5-18,36H,1-4H3,(H,37,38). The Morgan fingerprint density at radius 3 is 2.16 bits per heavy atom. The Balaban J connectivity index is 1.34. The predicted molar refractivity (Wildman–Crippen MR) is 168 cm³/mol. The molecule has 0 fully saturated rings. The average molecular weight is 614 g/mol. The molecular formula is C33H28ClN3O7. The first-order valence-corrected chi connectivity index (χ1v) is 13.7. The number of hydrazone groups is 1. The van der Waals surface area contributed by atoms with E-state index in [0.717, 1.165) is 16.5 Å². The van der Waals surface area contributed by atoms with Crippen LogP contribution in [0.4, 0.5) is 0 Å². The molecule has 1 heterocycles. The van der Waals surface area contributed by atoms with Crippen LogP contribution >= 0.6 is 11.6 Å². The smallest absolute Gasteiger partial charge is 0.343 e. The van der Waals surface area contributed by atoms with E-state index in [-0.39, 0.29) is 17.1 Å². The second kappa shape index (κ2) is 13.2. The van der Waals surface area contributed by atoms with Crippen molar-refractivity contribution in [3.05, 3.63) is 101 Å². The number of hydrogen-bond acceptors (Lipinski definition) is 8. The van der Waals surface area contributed by atoms with E-state index in [1.165, 1.54) is 46.8 Å². The molecule has 10 nitrogen and oxygen atoms in total. The fourth-order valence-corrected chi connectivity index (χ4v) is 4.91. The molecule has 0 unspecified atom stereocenters. The number of nitrogens with zero attached hydrogens (tertiary/aromatic N) is 1. The monoisotopic (exact) mass is 613 g/mol. The number of ether oxygens (including phenoxy) is 5. The summed E-state index contributed by atoms with van der Waals surface area (Å²) in [6.45, 7) is 0. The first-order valence-electron chi connectivity index (χ1n) is 13.3. The van der Waals surface area contributed by atoms with Crippen LogP contribution in [-0.2, 0) is 0 Å². The molecule has 0 aliphatic heterocycles. The third-order valence-electron chi connectivity index (χ3n) is 6.74. The number of hydrogen-bond donors (Lipinski definition) is 2. The second-order valence-electron chi connectivity index (χ2n) is 9.32. The molecule has 1 aromatic heterocycles. The van der Waals surface area contributed by atoms with Gasteiger partial charge in [-0.1, -0.05) is 54.1 Å². The summed E-state index contributed by atoms with van der Waals surface area (Å²) in [6.07, 6.45) is 1.45. The summed E-state index contributed by atoms with van der Waals surface area (Å²) in [5.41, 5.74) is 5.89. The molecule has 0 saturated heterocycles. The maximum atomic E-state index is 13.3. The number of methoxy groups -OCH3 is 4. The Labute approximate surface area is 258 Å². The van der Waals surface area contributed by atoms with Crippen LogP contribution in [0.2, 0.25) is 5.02 Å². The highest BCUT2D eigenvalue weighted by Crippen LogP contribution is 2.39. The minimum atomic E-state index is -0.663. The maximum absolute atomic E-state index is 13.3. The van der Waals surface area contributed by atoms with Crippen molar-refractivity contribution < 1.29 is 33.3 Å². The molecule has 0 saturated carbocycles. The van der Waals surface area contributed by atoms with Gasteiger partial charge in [0.05, 0.1) is 50.8 Å². The third kappa shape index (κ3) is 6.02. The van der Waals surface area contributed by atoms with E-state index in [0.29, 0.717) is 39.0 Å². The lowest BCUT2D eigenvalue weighted by molar-refractivity contribution is 0.0728. The summed E-state index contributed by atoms with van der Waals surface area (Å²) in [4.78, 5) is 29.4. The summed E-state index contributed by atoms with van der Waals surface area (Å²) in [6, 6.07) is 22.9. The Kier molecular flexibility index (Phi) is 9.01. The molecule has 0 aliphatic carbocycles. The third-order valence-corrected chi connectivity index (χ3v) is 7.06. The number of halogens is 1. The highest BCUT2D eigenvalue weighted by Gasteiger charge is 2.21. The van der Waals surface area contributed by atoms with Gasteiger partial charge in [-0.15, -0.1) is 0 Å². The van der Waals surface area contributed by atoms with Crippen LogP contribution in [0.3, 0.4) is 0 Å². The topological polar surface area (TPSA) is 120 Å². The first-order chi connectivity index (χ1) is 21.4. The van der Waals surface area contributed by atoms with Crippen molar-refractivity contribution in [1.29, 1.82) is 0 Å². The largest absolute Gasteiger partial charge is 0.493 e. The number of nitrogens with one attached hydrogen (secondary N) is 2. The zero-order chi connectivity index (χ0) is 31.2. The molecule has 0 spiro atoms. The second-order valence-corrected chi connectivity index (χ2v) is 9.72. The van der Waals surface area contributed by atoms with E-state index in [4.69, 9.17) is 35.3 Å². The quantitative estimate of drug-likeness (QED) is 0.0797. The zero-order valence-electron chi connectivity index (χ0n) is 24.3. The van der Waals surface area contributed by atoms with Crippen LogP contribution in [0.1, 0.15) is 26.4 Å². The summed E-state index contributed by atoms with van der Waals surface area (Å²) >= 11 is 6.41. The molecule has 0 aliphatic rings. The SMILES string of the molecule is COc1cc(C=NNC(=O)c2[nH]c3c(Cl)cccc3c2-c2ccccc2)ccc1OC(=O)c1cc(OC)c(OC)c(OC)c1. The van der Waals surface area contributed by atoms with E-state index >= 15 is 0 Å². The Hall–Kier alpha value is -5.48. The number of aromatic nitrogens is 1. The summed E-state index contributed by atoms with van der Waals surface area (Å²) < 4.78 is 27.0. The molecule has 11 heteroatoms. The lowest BCUT2D eigenvalue weighted by Gasteiger charge is -2.14. The molecular weight excluding hydrogens is 586 g/mol. The molecule has 0 atom stereocenters. The minimum absolute atomic E-state index is 0.176. The van der Waals surface area contributed by atoms with Crippen molar-refractivity contribution in [2.24, 2.45) is 5.10 Å². The first kappa shape index (κ1) is 30.0. The lowest BCUT2D eigenvalue weighted by atomic mass is 10.0. The van der Waals surface area contributed by atoms with Crippen molar-refractivity contribution in [3.8, 4) is 39.9 Å². The van der Waals surface area contributed by atoms with Gasteiger partial charge in [-0.2, -0.15) is 5.10 Å².